The first-order chi connectivity index (χ1) is 5.49. The molecule has 1 fully saturated rings. The fourth-order valence-electron chi connectivity index (χ4n) is 1.61. The Bertz CT molecular complexity index is 180. The molecule has 0 aliphatic heterocycles. The summed E-state index contributed by atoms with van der Waals surface area (Å²) in [6.45, 7) is 8.28. The van der Waals surface area contributed by atoms with Crippen LogP contribution in [0.15, 0.2) is 0 Å². The molecule has 1 amide bonds. The average Bonchev–Trinajstić information content (AvgIpc) is 2.63. The lowest BCUT2D eigenvalue weighted by Gasteiger charge is -2.20. The molecule has 1 aliphatic carbocycles. The largest absolute Gasteiger partial charge is 0.353 e. The highest BCUT2D eigenvalue weighted by molar-refractivity contribution is 5.85. The van der Waals surface area contributed by atoms with Gasteiger partial charge < -0.3 is 5.32 Å². The molecular weight excluding hydrogens is 150 g/mol. The van der Waals surface area contributed by atoms with Crippen LogP contribution in [0.4, 0.5) is 0 Å². The summed E-state index contributed by atoms with van der Waals surface area (Å²) in [5, 5.41) is 2.99. The second-order valence-corrected chi connectivity index (χ2v) is 4.44. The van der Waals surface area contributed by atoms with Gasteiger partial charge in [-0.15, -0.1) is 0 Å². The van der Waals surface area contributed by atoms with Crippen LogP contribution in [0.1, 0.15) is 40.5 Å². The third kappa shape index (κ3) is 1.62. The minimum atomic E-state index is -0.00965. The van der Waals surface area contributed by atoms with Crippen LogP contribution in [0.25, 0.3) is 0 Å². The van der Waals surface area contributed by atoms with Gasteiger partial charge in [-0.2, -0.15) is 0 Å². The zero-order valence-corrected chi connectivity index (χ0v) is 8.48. The van der Waals surface area contributed by atoms with Crippen LogP contribution >= 0.6 is 0 Å². The van der Waals surface area contributed by atoms with Gasteiger partial charge in [0.25, 0.3) is 0 Å². The summed E-state index contributed by atoms with van der Waals surface area (Å²) in [4.78, 5) is 11.7. The molecule has 0 aromatic rings. The summed E-state index contributed by atoms with van der Waals surface area (Å²) in [6, 6.07) is 0.272. The van der Waals surface area contributed by atoms with Gasteiger partial charge in [-0.1, -0.05) is 13.8 Å². The van der Waals surface area contributed by atoms with Gasteiger partial charge in [0.1, 0.15) is 0 Å². The van der Waals surface area contributed by atoms with Crippen LogP contribution in [0.2, 0.25) is 0 Å². The van der Waals surface area contributed by atoms with Crippen molar-refractivity contribution in [2.24, 2.45) is 11.3 Å². The molecule has 0 spiro atoms. The summed E-state index contributed by atoms with van der Waals surface area (Å²) in [7, 11) is 0. The van der Waals surface area contributed by atoms with Crippen LogP contribution in [0.3, 0.4) is 0 Å². The van der Waals surface area contributed by atoms with Crippen LogP contribution in [0, 0.1) is 11.3 Å². The number of carbonyl (C=O) groups excluding carboxylic acids is 1. The van der Waals surface area contributed by atoms with E-state index in [9.17, 15) is 4.79 Å². The van der Waals surface area contributed by atoms with Crippen LogP contribution < -0.4 is 5.32 Å². The molecule has 0 unspecified atom stereocenters. The van der Waals surface area contributed by atoms with Crippen molar-refractivity contribution in [3.05, 3.63) is 0 Å². The van der Waals surface area contributed by atoms with E-state index in [4.69, 9.17) is 0 Å². The summed E-state index contributed by atoms with van der Waals surface area (Å²) in [5.41, 5.74) is -0.00965. The molecule has 1 N–H and O–H groups in total. The standard InChI is InChI=1S/C10H19NO/c1-7(2)10(5-6-10)9(12)11-8(3)4/h7-8H,5-6H2,1-4H3,(H,11,12). The zero-order chi connectivity index (χ0) is 9.35. The molecule has 0 atom stereocenters. The minimum Gasteiger partial charge on any atom is -0.353 e. The van der Waals surface area contributed by atoms with Gasteiger partial charge in [-0.25, -0.2) is 0 Å². The van der Waals surface area contributed by atoms with Crippen molar-refractivity contribution >= 4 is 5.91 Å². The molecule has 2 heteroatoms. The quantitative estimate of drug-likeness (QED) is 0.687. The minimum absolute atomic E-state index is 0.00965. The van der Waals surface area contributed by atoms with Gasteiger partial charge in [-0.05, 0) is 32.6 Å². The van der Waals surface area contributed by atoms with Crippen molar-refractivity contribution in [3.63, 3.8) is 0 Å². The maximum absolute atomic E-state index is 11.7. The van der Waals surface area contributed by atoms with Crippen molar-refractivity contribution < 1.29 is 4.79 Å². The van der Waals surface area contributed by atoms with Crippen molar-refractivity contribution in [3.8, 4) is 0 Å². The van der Waals surface area contributed by atoms with E-state index in [0.717, 1.165) is 12.8 Å². The van der Waals surface area contributed by atoms with E-state index in [2.05, 4.69) is 19.2 Å². The van der Waals surface area contributed by atoms with Crippen molar-refractivity contribution in [1.29, 1.82) is 0 Å². The van der Waals surface area contributed by atoms with Crippen LogP contribution in [0.5, 0.6) is 0 Å². The highest BCUT2D eigenvalue weighted by Gasteiger charge is 2.51. The first-order valence-corrected chi connectivity index (χ1v) is 4.80. The maximum atomic E-state index is 11.7. The predicted molar refractivity (Wildman–Crippen MR) is 49.8 cm³/mol. The molecule has 0 saturated heterocycles. The van der Waals surface area contributed by atoms with E-state index in [-0.39, 0.29) is 17.4 Å². The smallest absolute Gasteiger partial charge is 0.226 e. The summed E-state index contributed by atoms with van der Waals surface area (Å²) >= 11 is 0. The maximum Gasteiger partial charge on any atom is 0.226 e. The van der Waals surface area contributed by atoms with Crippen molar-refractivity contribution in [2.75, 3.05) is 0 Å². The Hall–Kier alpha value is -0.530. The van der Waals surface area contributed by atoms with Gasteiger partial charge in [0.05, 0.1) is 5.41 Å². The Balaban J connectivity index is 2.52. The molecule has 12 heavy (non-hydrogen) atoms. The third-order valence-electron chi connectivity index (χ3n) is 2.77. The van der Waals surface area contributed by atoms with E-state index >= 15 is 0 Å². The monoisotopic (exact) mass is 169 g/mol. The molecule has 0 aromatic heterocycles. The van der Waals surface area contributed by atoms with Crippen molar-refractivity contribution in [2.45, 2.75) is 46.6 Å². The van der Waals surface area contributed by atoms with Crippen LogP contribution in [-0.4, -0.2) is 11.9 Å². The Morgan fingerprint density at radius 1 is 1.25 bits per heavy atom. The molecule has 1 saturated carbocycles. The number of nitrogens with one attached hydrogen (secondary N) is 1. The summed E-state index contributed by atoms with van der Waals surface area (Å²) in [5.74, 6) is 0.740. The highest BCUT2D eigenvalue weighted by Crippen LogP contribution is 2.51. The predicted octanol–water partition coefficient (Wildman–Crippen LogP) is 1.95. The molecule has 0 radical (unpaired) electrons. The lowest BCUT2D eigenvalue weighted by atomic mass is 9.91. The first-order valence-electron chi connectivity index (χ1n) is 4.80. The van der Waals surface area contributed by atoms with E-state index in [1.54, 1.807) is 0 Å². The Kier molecular flexibility index (Phi) is 2.45. The topological polar surface area (TPSA) is 29.1 Å². The molecule has 0 aromatic carbocycles. The number of hydrogen-bond donors (Lipinski definition) is 1. The highest BCUT2D eigenvalue weighted by atomic mass is 16.2. The molecule has 2 nitrogen and oxygen atoms in total. The SMILES string of the molecule is CC(C)NC(=O)C1(C(C)C)CC1. The molecule has 1 rings (SSSR count). The normalized spacial score (nSPS) is 19.8. The fourth-order valence-corrected chi connectivity index (χ4v) is 1.61. The lowest BCUT2D eigenvalue weighted by molar-refractivity contribution is -0.128. The zero-order valence-electron chi connectivity index (χ0n) is 8.48. The average molecular weight is 169 g/mol. The Morgan fingerprint density at radius 3 is 2.00 bits per heavy atom. The van der Waals surface area contributed by atoms with Crippen LogP contribution in [-0.2, 0) is 4.79 Å². The van der Waals surface area contributed by atoms with E-state index in [1.165, 1.54) is 0 Å². The first kappa shape index (κ1) is 9.56. The number of hydrogen-bond acceptors (Lipinski definition) is 1. The summed E-state index contributed by atoms with van der Waals surface area (Å²) in [6.07, 6.45) is 2.15. The molecule has 70 valence electrons. The van der Waals surface area contributed by atoms with Gasteiger partial charge >= 0.3 is 0 Å². The molecule has 0 heterocycles. The van der Waals surface area contributed by atoms with E-state index in [1.807, 2.05) is 13.8 Å². The number of amides is 1. The van der Waals surface area contributed by atoms with Gasteiger partial charge in [0, 0.05) is 6.04 Å². The van der Waals surface area contributed by atoms with Gasteiger partial charge in [0.2, 0.25) is 5.91 Å². The van der Waals surface area contributed by atoms with E-state index in [0.29, 0.717) is 5.92 Å². The molecule has 0 bridgehead atoms. The van der Waals surface area contributed by atoms with Gasteiger partial charge in [0.15, 0.2) is 0 Å². The fraction of sp³-hybridized carbons (Fsp3) is 0.900. The second-order valence-electron chi connectivity index (χ2n) is 4.44. The molecule has 1 aliphatic rings. The third-order valence-corrected chi connectivity index (χ3v) is 2.77. The Labute approximate surface area is 74.7 Å². The number of carbonyl (C=O) groups is 1. The second kappa shape index (κ2) is 3.08. The Morgan fingerprint density at radius 2 is 1.75 bits per heavy atom. The summed E-state index contributed by atoms with van der Waals surface area (Å²) < 4.78 is 0. The van der Waals surface area contributed by atoms with Gasteiger partial charge in [-0.3, -0.25) is 4.79 Å². The van der Waals surface area contributed by atoms with Crippen molar-refractivity contribution in [1.82, 2.24) is 5.32 Å². The molecular formula is C10H19NO. The van der Waals surface area contributed by atoms with E-state index < -0.39 is 0 Å². The lowest BCUT2D eigenvalue weighted by Crippen LogP contribution is -2.38. The number of rotatable bonds is 3.